The molecule has 1 fully saturated rings. The number of hydrogen-bond acceptors (Lipinski definition) is 4. The molecular weight excluding hydrogens is 244 g/mol. The van der Waals surface area contributed by atoms with Gasteiger partial charge in [-0.25, -0.2) is 4.79 Å². The first-order chi connectivity index (χ1) is 9.10. The Balaban J connectivity index is 2.09. The first-order valence-corrected chi connectivity index (χ1v) is 6.51. The molecular formula is C14H20N2O3. The van der Waals surface area contributed by atoms with Gasteiger partial charge >= 0.3 is 6.09 Å². The maximum atomic E-state index is 11.8. The zero-order chi connectivity index (χ0) is 13.8. The highest BCUT2D eigenvalue weighted by Gasteiger charge is 2.27. The molecule has 1 atom stereocenters. The third-order valence-electron chi connectivity index (χ3n) is 2.96. The topological polar surface area (TPSA) is 64.8 Å². The van der Waals surface area contributed by atoms with Gasteiger partial charge in [0.2, 0.25) is 0 Å². The molecule has 5 heteroatoms. The molecule has 1 aromatic rings. The molecule has 1 saturated heterocycles. The molecule has 1 amide bonds. The Morgan fingerprint density at radius 1 is 1.42 bits per heavy atom. The molecule has 1 aliphatic rings. The molecule has 1 heterocycles. The van der Waals surface area contributed by atoms with Crippen LogP contribution in [0.1, 0.15) is 13.8 Å². The average Bonchev–Trinajstić information content (AvgIpc) is 2.40. The summed E-state index contributed by atoms with van der Waals surface area (Å²) in [4.78, 5) is 13.4. The van der Waals surface area contributed by atoms with Crippen LogP contribution in [-0.2, 0) is 4.74 Å². The molecule has 0 saturated carbocycles. The summed E-state index contributed by atoms with van der Waals surface area (Å²) in [5.74, 6) is 0.976. The molecule has 0 spiro atoms. The Morgan fingerprint density at radius 3 is 2.68 bits per heavy atom. The van der Waals surface area contributed by atoms with E-state index in [-0.39, 0.29) is 18.1 Å². The molecule has 5 nitrogen and oxygen atoms in total. The van der Waals surface area contributed by atoms with E-state index in [1.165, 1.54) is 0 Å². The van der Waals surface area contributed by atoms with Crippen molar-refractivity contribution in [2.75, 3.05) is 24.6 Å². The van der Waals surface area contributed by atoms with Crippen molar-refractivity contribution in [1.29, 1.82) is 0 Å². The van der Waals surface area contributed by atoms with E-state index in [1.54, 1.807) is 4.90 Å². The van der Waals surface area contributed by atoms with Gasteiger partial charge < -0.3 is 15.2 Å². The quantitative estimate of drug-likeness (QED) is 0.903. The van der Waals surface area contributed by atoms with Gasteiger partial charge in [0.05, 0.1) is 12.7 Å². The lowest BCUT2D eigenvalue weighted by atomic mass is 10.1. The zero-order valence-corrected chi connectivity index (χ0v) is 11.3. The smallest absolute Gasteiger partial charge is 0.414 e. The van der Waals surface area contributed by atoms with Gasteiger partial charge in [-0.15, -0.1) is 0 Å². The van der Waals surface area contributed by atoms with Crippen LogP contribution in [0.4, 0.5) is 10.5 Å². The van der Waals surface area contributed by atoms with Gasteiger partial charge in [-0.3, -0.25) is 4.90 Å². The summed E-state index contributed by atoms with van der Waals surface area (Å²) in [7, 11) is 0. The second-order valence-electron chi connectivity index (χ2n) is 4.95. The predicted molar refractivity (Wildman–Crippen MR) is 73.4 cm³/mol. The van der Waals surface area contributed by atoms with Crippen molar-refractivity contribution >= 4 is 11.8 Å². The summed E-state index contributed by atoms with van der Waals surface area (Å²) in [5.41, 5.74) is 6.43. The lowest BCUT2D eigenvalue weighted by Crippen LogP contribution is -2.45. The van der Waals surface area contributed by atoms with E-state index in [1.807, 2.05) is 38.1 Å². The fourth-order valence-corrected chi connectivity index (χ4v) is 1.98. The van der Waals surface area contributed by atoms with Crippen LogP contribution in [0.15, 0.2) is 24.3 Å². The van der Waals surface area contributed by atoms with Gasteiger partial charge in [0, 0.05) is 24.7 Å². The van der Waals surface area contributed by atoms with Crippen molar-refractivity contribution < 1.29 is 14.3 Å². The minimum atomic E-state index is -0.317. The van der Waals surface area contributed by atoms with Gasteiger partial charge in [0.25, 0.3) is 0 Å². The number of benzene rings is 1. The Kier molecular flexibility index (Phi) is 4.27. The molecule has 0 bridgehead atoms. The summed E-state index contributed by atoms with van der Waals surface area (Å²) in [6.45, 7) is 5.46. The molecule has 2 rings (SSSR count). The summed E-state index contributed by atoms with van der Waals surface area (Å²) < 4.78 is 10.7. The Hall–Kier alpha value is -1.75. The predicted octanol–water partition coefficient (Wildman–Crippen LogP) is 2.01. The standard InChI is InChI=1S/C14H20N2O3/c1-10(2)19-13-5-3-12(4-6-13)16-8-11(7-15)9-18-14(16)17/h3-6,10-11H,7-9,15H2,1-2H3. The van der Waals surface area contributed by atoms with Crippen LogP contribution < -0.4 is 15.4 Å². The maximum absolute atomic E-state index is 11.8. The van der Waals surface area contributed by atoms with E-state index in [0.29, 0.717) is 19.7 Å². The molecule has 1 unspecified atom stereocenters. The van der Waals surface area contributed by atoms with Crippen molar-refractivity contribution in [2.45, 2.75) is 20.0 Å². The van der Waals surface area contributed by atoms with E-state index in [4.69, 9.17) is 15.2 Å². The third-order valence-corrected chi connectivity index (χ3v) is 2.96. The fraction of sp³-hybridized carbons (Fsp3) is 0.500. The minimum Gasteiger partial charge on any atom is -0.491 e. The molecule has 0 radical (unpaired) electrons. The monoisotopic (exact) mass is 264 g/mol. The lowest BCUT2D eigenvalue weighted by molar-refractivity contribution is 0.117. The molecule has 104 valence electrons. The summed E-state index contributed by atoms with van der Waals surface area (Å²) >= 11 is 0. The normalized spacial score (nSPS) is 19.5. The number of anilines is 1. The second-order valence-corrected chi connectivity index (χ2v) is 4.95. The van der Waals surface area contributed by atoms with Crippen LogP contribution in [0.25, 0.3) is 0 Å². The minimum absolute atomic E-state index is 0.132. The lowest BCUT2D eigenvalue weighted by Gasteiger charge is -2.31. The second kappa shape index (κ2) is 5.93. The van der Waals surface area contributed by atoms with Crippen molar-refractivity contribution in [2.24, 2.45) is 11.7 Å². The maximum Gasteiger partial charge on any atom is 0.414 e. The third kappa shape index (κ3) is 3.38. The number of ether oxygens (including phenoxy) is 2. The van der Waals surface area contributed by atoms with Crippen molar-refractivity contribution in [1.82, 2.24) is 0 Å². The van der Waals surface area contributed by atoms with Crippen molar-refractivity contribution in [3.05, 3.63) is 24.3 Å². The molecule has 1 aromatic carbocycles. The fourth-order valence-electron chi connectivity index (χ4n) is 1.98. The Bertz CT molecular complexity index is 431. The molecule has 19 heavy (non-hydrogen) atoms. The first kappa shape index (κ1) is 13.7. The number of nitrogens with zero attached hydrogens (tertiary/aromatic N) is 1. The van der Waals surface area contributed by atoms with E-state index >= 15 is 0 Å². The largest absolute Gasteiger partial charge is 0.491 e. The molecule has 0 aromatic heterocycles. The number of carbonyl (C=O) groups is 1. The first-order valence-electron chi connectivity index (χ1n) is 6.51. The number of nitrogens with two attached hydrogens (primary N) is 1. The zero-order valence-electron chi connectivity index (χ0n) is 11.3. The van der Waals surface area contributed by atoms with E-state index in [2.05, 4.69) is 0 Å². The van der Waals surface area contributed by atoms with E-state index < -0.39 is 0 Å². The van der Waals surface area contributed by atoms with Crippen LogP contribution >= 0.6 is 0 Å². The van der Waals surface area contributed by atoms with Crippen LogP contribution in [-0.4, -0.2) is 31.9 Å². The highest BCUT2D eigenvalue weighted by molar-refractivity contribution is 5.88. The number of hydrogen-bond donors (Lipinski definition) is 1. The van der Waals surface area contributed by atoms with Gasteiger partial charge in [0.15, 0.2) is 0 Å². The van der Waals surface area contributed by atoms with Gasteiger partial charge in [-0.05, 0) is 38.1 Å². The number of carbonyl (C=O) groups excluding carboxylic acids is 1. The van der Waals surface area contributed by atoms with Crippen LogP contribution in [0.5, 0.6) is 5.75 Å². The van der Waals surface area contributed by atoms with Gasteiger partial charge in [-0.1, -0.05) is 0 Å². The van der Waals surface area contributed by atoms with E-state index in [9.17, 15) is 4.79 Å². The van der Waals surface area contributed by atoms with Crippen LogP contribution in [0.2, 0.25) is 0 Å². The number of cyclic esters (lactones) is 1. The van der Waals surface area contributed by atoms with Gasteiger partial charge in [0.1, 0.15) is 5.75 Å². The molecule has 2 N–H and O–H groups in total. The highest BCUT2D eigenvalue weighted by Crippen LogP contribution is 2.23. The summed E-state index contributed by atoms with van der Waals surface area (Å²) in [6, 6.07) is 7.43. The summed E-state index contributed by atoms with van der Waals surface area (Å²) in [5, 5.41) is 0. The molecule has 1 aliphatic heterocycles. The van der Waals surface area contributed by atoms with Crippen LogP contribution in [0.3, 0.4) is 0 Å². The van der Waals surface area contributed by atoms with Crippen molar-refractivity contribution in [3.8, 4) is 5.75 Å². The average molecular weight is 264 g/mol. The van der Waals surface area contributed by atoms with E-state index in [0.717, 1.165) is 11.4 Å². The van der Waals surface area contributed by atoms with Crippen molar-refractivity contribution in [3.63, 3.8) is 0 Å². The SMILES string of the molecule is CC(C)Oc1ccc(N2CC(CN)COC2=O)cc1. The molecule has 0 aliphatic carbocycles. The highest BCUT2D eigenvalue weighted by atomic mass is 16.6. The Labute approximate surface area is 113 Å². The van der Waals surface area contributed by atoms with Gasteiger partial charge in [-0.2, -0.15) is 0 Å². The number of amides is 1. The summed E-state index contributed by atoms with van der Waals surface area (Å²) in [6.07, 6.45) is -0.186. The number of rotatable bonds is 4. The van der Waals surface area contributed by atoms with Crippen LogP contribution in [0, 0.1) is 5.92 Å². The Morgan fingerprint density at radius 2 is 2.11 bits per heavy atom.